The summed E-state index contributed by atoms with van der Waals surface area (Å²) in [5, 5.41) is 9.71. The molecule has 0 aliphatic rings. The molecule has 0 unspecified atom stereocenters. The molecule has 3 heterocycles. The molecule has 3 rings (SSSR count). The van der Waals surface area contributed by atoms with Gasteiger partial charge in [0, 0.05) is 23.1 Å². The van der Waals surface area contributed by atoms with E-state index in [0.29, 0.717) is 5.92 Å². The van der Waals surface area contributed by atoms with Crippen LogP contribution >= 0.6 is 0 Å². The summed E-state index contributed by atoms with van der Waals surface area (Å²) in [5.41, 5.74) is 8.58. The summed E-state index contributed by atoms with van der Waals surface area (Å²) in [6.07, 6.45) is 3.00. The highest BCUT2D eigenvalue weighted by Gasteiger charge is 2.17. The van der Waals surface area contributed by atoms with E-state index in [-0.39, 0.29) is 12.6 Å². The molecular formula is C22H29N3O. The van der Waals surface area contributed by atoms with Gasteiger partial charge in [0.1, 0.15) is 0 Å². The topological polar surface area (TPSA) is 50.9 Å². The fourth-order valence-electron chi connectivity index (χ4n) is 3.57. The first kappa shape index (κ1) is 18.6. The van der Waals surface area contributed by atoms with Crippen molar-refractivity contribution in [1.82, 2.24) is 14.5 Å². The fraction of sp³-hybridized carbons (Fsp3) is 0.455. The molecule has 0 saturated carbocycles. The van der Waals surface area contributed by atoms with Crippen molar-refractivity contribution in [3.05, 3.63) is 46.9 Å². The smallest absolute Gasteiger partial charge is 0.0917 e. The van der Waals surface area contributed by atoms with Gasteiger partial charge in [0.25, 0.3) is 0 Å². The Bertz CT molecular complexity index is 936. The van der Waals surface area contributed by atoms with Crippen LogP contribution in [0.4, 0.5) is 0 Å². The molecule has 3 aromatic rings. The van der Waals surface area contributed by atoms with E-state index in [0.717, 1.165) is 51.2 Å². The number of rotatable bonds is 5. The molecule has 0 radical (unpaired) electrons. The maximum Gasteiger partial charge on any atom is 0.0917 e. The number of aliphatic hydroxyl groups excluding tert-OH is 1. The van der Waals surface area contributed by atoms with Crippen LogP contribution in [-0.2, 0) is 0 Å². The first-order chi connectivity index (χ1) is 12.4. The average molecular weight is 351 g/mol. The Morgan fingerprint density at radius 2 is 1.81 bits per heavy atom. The van der Waals surface area contributed by atoms with Gasteiger partial charge in [-0.1, -0.05) is 20.8 Å². The average Bonchev–Trinajstić information content (AvgIpc) is 2.91. The highest BCUT2D eigenvalue weighted by molar-refractivity contribution is 5.84. The van der Waals surface area contributed by atoms with Gasteiger partial charge in [-0.05, 0) is 62.4 Å². The zero-order valence-electron chi connectivity index (χ0n) is 16.7. The van der Waals surface area contributed by atoms with E-state index in [2.05, 4.69) is 70.5 Å². The largest absolute Gasteiger partial charge is 0.394 e. The Morgan fingerprint density at radius 3 is 2.38 bits per heavy atom. The van der Waals surface area contributed by atoms with Gasteiger partial charge in [-0.2, -0.15) is 0 Å². The molecule has 0 aliphatic carbocycles. The van der Waals surface area contributed by atoms with Crippen LogP contribution in [0.25, 0.3) is 22.3 Å². The summed E-state index contributed by atoms with van der Waals surface area (Å²) in [6, 6.07) is 6.54. The van der Waals surface area contributed by atoms with E-state index in [1.54, 1.807) is 0 Å². The van der Waals surface area contributed by atoms with Crippen LogP contribution in [0.3, 0.4) is 0 Å². The van der Waals surface area contributed by atoms with Crippen molar-refractivity contribution in [2.24, 2.45) is 0 Å². The number of pyridine rings is 2. The summed E-state index contributed by atoms with van der Waals surface area (Å²) in [5.74, 6) is 0.417. The molecule has 0 fully saturated rings. The van der Waals surface area contributed by atoms with Gasteiger partial charge in [-0.25, -0.2) is 4.98 Å². The number of hydrogen-bond acceptors (Lipinski definition) is 3. The van der Waals surface area contributed by atoms with Crippen molar-refractivity contribution >= 4 is 11.0 Å². The molecule has 4 heteroatoms. The van der Waals surface area contributed by atoms with Crippen LogP contribution < -0.4 is 0 Å². The first-order valence-electron chi connectivity index (χ1n) is 9.44. The number of aliphatic hydroxyl groups is 1. The number of nitrogens with zero attached hydrogens (tertiary/aromatic N) is 3. The standard InChI is InChI=1S/C22H29N3O/c1-7-17(12-26)25-11-15(5)22-20(25)10-14(4)21(24-22)18-8-9-19(13(2)3)23-16(18)6/h8-11,13,17,26H,7,12H2,1-6H3/t17-/m0/s1. The van der Waals surface area contributed by atoms with Gasteiger partial charge in [-0.3, -0.25) is 4.98 Å². The molecule has 1 N–H and O–H groups in total. The van der Waals surface area contributed by atoms with Gasteiger partial charge in [0.15, 0.2) is 0 Å². The van der Waals surface area contributed by atoms with E-state index in [9.17, 15) is 5.11 Å². The molecule has 4 nitrogen and oxygen atoms in total. The molecule has 26 heavy (non-hydrogen) atoms. The number of aryl methyl sites for hydroxylation is 3. The van der Waals surface area contributed by atoms with E-state index in [4.69, 9.17) is 9.97 Å². The third-order valence-electron chi connectivity index (χ3n) is 5.21. The normalized spacial score (nSPS) is 12.9. The van der Waals surface area contributed by atoms with Crippen molar-refractivity contribution in [2.45, 2.75) is 59.9 Å². The summed E-state index contributed by atoms with van der Waals surface area (Å²) in [4.78, 5) is 9.78. The Balaban J connectivity index is 2.17. The van der Waals surface area contributed by atoms with Crippen LogP contribution in [0.1, 0.15) is 61.7 Å². The van der Waals surface area contributed by atoms with Crippen molar-refractivity contribution in [3.63, 3.8) is 0 Å². The molecule has 0 bridgehead atoms. The van der Waals surface area contributed by atoms with E-state index < -0.39 is 0 Å². The zero-order chi connectivity index (χ0) is 19.0. The van der Waals surface area contributed by atoms with E-state index in [1.807, 2.05) is 0 Å². The van der Waals surface area contributed by atoms with Crippen molar-refractivity contribution in [3.8, 4) is 11.3 Å². The molecule has 138 valence electrons. The van der Waals surface area contributed by atoms with Crippen LogP contribution in [-0.4, -0.2) is 26.2 Å². The third kappa shape index (κ3) is 3.14. The predicted octanol–water partition coefficient (Wildman–Crippen LogP) is 5.09. The van der Waals surface area contributed by atoms with E-state index in [1.165, 1.54) is 0 Å². The molecule has 1 atom stereocenters. The number of aromatic nitrogens is 3. The van der Waals surface area contributed by atoms with Gasteiger partial charge in [0.2, 0.25) is 0 Å². The SMILES string of the molecule is CC[C@@H](CO)n1cc(C)c2nc(-c3ccc(C(C)C)nc3C)c(C)cc21. The van der Waals surface area contributed by atoms with Crippen molar-refractivity contribution < 1.29 is 5.11 Å². The lowest BCUT2D eigenvalue weighted by Gasteiger charge is -2.16. The second-order valence-electron chi connectivity index (χ2n) is 7.51. The lowest BCUT2D eigenvalue weighted by atomic mass is 10.0. The van der Waals surface area contributed by atoms with Gasteiger partial charge < -0.3 is 9.67 Å². The third-order valence-corrected chi connectivity index (χ3v) is 5.21. The van der Waals surface area contributed by atoms with Crippen LogP contribution in [0, 0.1) is 20.8 Å². The van der Waals surface area contributed by atoms with Gasteiger partial charge >= 0.3 is 0 Å². The van der Waals surface area contributed by atoms with Gasteiger partial charge in [0.05, 0.1) is 29.4 Å². The second-order valence-corrected chi connectivity index (χ2v) is 7.51. The lowest BCUT2D eigenvalue weighted by molar-refractivity contribution is 0.227. The maximum atomic E-state index is 9.71. The molecular weight excluding hydrogens is 322 g/mol. The first-order valence-corrected chi connectivity index (χ1v) is 9.44. The summed E-state index contributed by atoms with van der Waals surface area (Å²) in [6.45, 7) is 12.8. The van der Waals surface area contributed by atoms with E-state index >= 15 is 0 Å². The Morgan fingerprint density at radius 1 is 1.08 bits per heavy atom. The maximum absolute atomic E-state index is 9.71. The van der Waals surface area contributed by atoms with Gasteiger partial charge in [-0.15, -0.1) is 0 Å². The number of fused-ring (bicyclic) bond motifs is 1. The Hall–Kier alpha value is -2.20. The highest BCUT2D eigenvalue weighted by Crippen LogP contribution is 2.31. The molecule has 0 spiro atoms. The van der Waals surface area contributed by atoms with Crippen molar-refractivity contribution in [1.29, 1.82) is 0 Å². The number of hydrogen-bond donors (Lipinski definition) is 1. The summed E-state index contributed by atoms with van der Waals surface area (Å²) >= 11 is 0. The molecule has 0 saturated heterocycles. The monoisotopic (exact) mass is 351 g/mol. The van der Waals surface area contributed by atoms with Crippen molar-refractivity contribution in [2.75, 3.05) is 6.61 Å². The summed E-state index contributed by atoms with van der Waals surface area (Å²) in [7, 11) is 0. The fourth-order valence-corrected chi connectivity index (χ4v) is 3.57. The minimum Gasteiger partial charge on any atom is -0.394 e. The molecule has 0 amide bonds. The highest BCUT2D eigenvalue weighted by atomic mass is 16.3. The lowest BCUT2D eigenvalue weighted by Crippen LogP contribution is -2.11. The minimum absolute atomic E-state index is 0.0898. The predicted molar refractivity (Wildman–Crippen MR) is 108 cm³/mol. The van der Waals surface area contributed by atoms with Crippen LogP contribution in [0.2, 0.25) is 0 Å². The summed E-state index contributed by atoms with van der Waals surface area (Å²) < 4.78 is 2.17. The second kappa shape index (κ2) is 7.20. The Labute approximate surface area is 155 Å². The molecule has 0 aliphatic heterocycles. The minimum atomic E-state index is 0.0898. The quantitative estimate of drug-likeness (QED) is 0.696. The molecule has 3 aromatic heterocycles. The molecule has 0 aromatic carbocycles. The van der Waals surface area contributed by atoms with Crippen LogP contribution in [0.5, 0.6) is 0 Å². The van der Waals surface area contributed by atoms with Crippen LogP contribution in [0.15, 0.2) is 24.4 Å². The Kier molecular flexibility index (Phi) is 5.15. The zero-order valence-corrected chi connectivity index (χ0v) is 16.7.